The number of hydrogen-bond donors (Lipinski definition) is 2. The number of benzene rings is 2. The van der Waals surface area contributed by atoms with Gasteiger partial charge in [-0.1, -0.05) is 41.9 Å². The van der Waals surface area contributed by atoms with Gasteiger partial charge in [0.25, 0.3) is 0 Å². The Balaban J connectivity index is 1.80. The van der Waals surface area contributed by atoms with E-state index >= 15 is 0 Å². The topological polar surface area (TPSA) is 49.9 Å². The summed E-state index contributed by atoms with van der Waals surface area (Å²) < 4.78 is 6.09. The van der Waals surface area contributed by atoms with Crippen molar-refractivity contribution in [1.82, 2.24) is 15.5 Å². The zero-order valence-corrected chi connectivity index (χ0v) is 13.5. The van der Waals surface area contributed by atoms with Crippen LogP contribution in [0.5, 0.6) is 5.75 Å². The van der Waals surface area contributed by atoms with Crippen molar-refractivity contribution in [1.29, 1.82) is 0 Å². The van der Waals surface area contributed by atoms with E-state index in [-0.39, 0.29) is 6.10 Å². The molecule has 23 heavy (non-hydrogen) atoms. The first-order chi connectivity index (χ1) is 11.3. The summed E-state index contributed by atoms with van der Waals surface area (Å²) >= 11 is 6.02. The monoisotopic (exact) mass is 327 g/mol. The number of nitrogens with one attached hydrogen (secondary N) is 2. The maximum Gasteiger partial charge on any atom is 0.136 e. The molecule has 3 rings (SSSR count). The van der Waals surface area contributed by atoms with Gasteiger partial charge in [0.1, 0.15) is 11.9 Å². The van der Waals surface area contributed by atoms with Crippen LogP contribution >= 0.6 is 11.6 Å². The van der Waals surface area contributed by atoms with E-state index in [2.05, 4.69) is 39.8 Å². The molecular formula is C18H18ClN3O. The van der Waals surface area contributed by atoms with Crippen molar-refractivity contribution in [3.05, 3.63) is 71.5 Å². The lowest BCUT2D eigenvalue weighted by molar-refractivity contribution is 0.205. The summed E-state index contributed by atoms with van der Waals surface area (Å²) in [5.74, 6) is 0.761. The Bertz CT molecular complexity index is 741. The molecule has 4 nitrogen and oxygen atoms in total. The number of hydrogen-bond acceptors (Lipinski definition) is 3. The van der Waals surface area contributed by atoms with Crippen LogP contribution in [0.3, 0.4) is 0 Å². The fourth-order valence-corrected chi connectivity index (χ4v) is 2.60. The van der Waals surface area contributed by atoms with Crippen LogP contribution in [-0.2, 0) is 0 Å². The van der Waals surface area contributed by atoms with Crippen molar-refractivity contribution in [3.8, 4) is 16.9 Å². The van der Waals surface area contributed by atoms with E-state index in [0.717, 1.165) is 22.4 Å². The van der Waals surface area contributed by atoms with E-state index < -0.39 is 0 Å². The van der Waals surface area contributed by atoms with Crippen LogP contribution in [0.1, 0.15) is 11.7 Å². The number of likely N-dealkylation sites (N-methyl/N-ethyl adjacent to an activating group) is 1. The molecule has 1 heterocycles. The molecule has 1 aromatic heterocycles. The standard InChI is InChI=1S/C18H18ClN3O/c1-20-12-18(23-17-4-2-3-16(19)9-17)14-7-5-13(6-8-14)15-10-21-22-11-15/h2-11,18,20H,12H2,1H3,(H,21,22). The number of rotatable bonds is 6. The van der Waals surface area contributed by atoms with Crippen molar-refractivity contribution < 1.29 is 4.74 Å². The molecule has 0 saturated carbocycles. The largest absolute Gasteiger partial charge is 0.484 e. The van der Waals surface area contributed by atoms with E-state index in [4.69, 9.17) is 16.3 Å². The second-order valence-electron chi connectivity index (χ2n) is 5.23. The lowest BCUT2D eigenvalue weighted by Crippen LogP contribution is -2.21. The average molecular weight is 328 g/mol. The maximum atomic E-state index is 6.09. The van der Waals surface area contributed by atoms with Crippen molar-refractivity contribution in [3.63, 3.8) is 0 Å². The molecule has 3 aromatic rings. The highest BCUT2D eigenvalue weighted by Crippen LogP contribution is 2.26. The van der Waals surface area contributed by atoms with Crippen molar-refractivity contribution in [2.45, 2.75) is 6.10 Å². The highest BCUT2D eigenvalue weighted by Gasteiger charge is 2.13. The molecule has 1 atom stereocenters. The van der Waals surface area contributed by atoms with Gasteiger partial charge < -0.3 is 10.1 Å². The van der Waals surface area contributed by atoms with Gasteiger partial charge in [-0.2, -0.15) is 5.10 Å². The first-order valence-electron chi connectivity index (χ1n) is 7.42. The summed E-state index contributed by atoms with van der Waals surface area (Å²) in [4.78, 5) is 0. The minimum absolute atomic E-state index is 0.0862. The number of H-pyrrole nitrogens is 1. The quantitative estimate of drug-likeness (QED) is 0.717. The normalized spacial score (nSPS) is 12.1. The summed E-state index contributed by atoms with van der Waals surface area (Å²) in [6, 6.07) is 15.8. The molecule has 0 amide bonds. The minimum atomic E-state index is -0.0862. The Morgan fingerprint density at radius 2 is 2.00 bits per heavy atom. The van der Waals surface area contributed by atoms with Gasteiger partial charge in [-0.25, -0.2) is 0 Å². The first-order valence-corrected chi connectivity index (χ1v) is 7.80. The first kappa shape index (κ1) is 15.6. The third kappa shape index (κ3) is 3.92. The molecule has 0 bridgehead atoms. The van der Waals surface area contributed by atoms with Crippen LogP contribution in [-0.4, -0.2) is 23.8 Å². The van der Waals surface area contributed by atoms with Gasteiger partial charge in [-0.15, -0.1) is 0 Å². The van der Waals surface area contributed by atoms with Crippen LogP contribution < -0.4 is 10.1 Å². The molecular weight excluding hydrogens is 310 g/mol. The molecule has 0 radical (unpaired) electrons. The molecule has 1 unspecified atom stereocenters. The van der Waals surface area contributed by atoms with Gasteiger partial charge >= 0.3 is 0 Å². The van der Waals surface area contributed by atoms with Gasteiger partial charge in [0.05, 0.1) is 6.20 Å². The lowest BCUT2D eigenvalue weighted by Gasteiger charge is -2.20. The van der Waals surface area contributed by atoms with Gasteiger partial charge in [0.15, 0.2) is 0 Å². The van der Waals surface area contributed by atoms with Crippen LogP contribution in [0.2, 0.25) is 5.02 Å². The second kappa shape index (κ2) is 7.31. The summed E-state index contributed by atoms with van der Waals surface area (Å²) in [5, 5.41) is 10.6. The van der Waals surface area contributed by atoms with Crippen LogP contribution in [0.4, 0.5) is 0 Å². The fourth-order valence-electron chi connectivity index (χ4n) is 2.42. The van der Waals surface area contributed by atoms with E-state index in [9.17, 15) is 0 Å². The van der Waals surface area contributed by atoms with Crippen molar-refractivity contribution in [2.24, 2.45) is 0 Å². The van der Waals surface area contributed by atoms with E-state index in [1.807, 2.05) is 43.7 Å². The van der Waals surface area contributed by atoms with Crippen LogP contribution in [0, 0.1) is 0 Å². The minimum Gasteiger partial charge on any atom is -0.484 e. The molecule has 5 heteroatoms. The van der Waals surface area contributed by atoms with Gasteiger partial charge in [-0.3, -0.25) is 5.10 Å². The molecule has 0 fully saturated rings. The molecule has 118 valence electrons. The number of aromatic nitrogens is 2. The fraction of sp³-hybridized carbons (Fsp3) is 0.167. The lowest BCUT2D eigenvalue weighted by atomic mass is 10.0. The predicted molar refractivity (Wildman–Crippen MR) is 92.8 cm³/mol. The summed E-state index contributed by atoms with van der Waals surface area (Å²) in [7, 11) is 1.91. The Morgan fingerprint density at radius 3 is 2.65 bits per heavy atom. The SMILES string of the molecule is CNCC(Oc1cccc(Cl)c1)c1ccc(-c2cn[nH]c2)cc1. The molecule has 0 aliphatic carbocycles. The Morgan fingerprint density at radius 1 is 1.17 bits per heavy atom. The van der Waals surface area contributed by atoms with Gasteiger partial charge in [0.2, 0.25) is 0 Å². The smallest absolute Gasteiger partial charge is 0.136 e. The Kier molecular flexibility index (Phi) is 4.95. The van der Waals surface area contributed by atoms with E-state index in [0.29, 0.717) is 11.6 Å². The van der Waals surface area contributed by atoms with E-state index in [1.165, 1.54) is 0 Å². The van der Waals surface area contributed by atoms with Gasteiger partial charge in [0, 0.05) is 23.3 Å². The number of halogens is 1. The average Bonchev–Trinajstić information content (AvgIpc) is 3.09. The maximum absolute atomic E-state index is 6.09. The van der Waals surface area contributed by atoms with Gasteiger partial charge in [-0.05, 0) is 36.4 Å². The third-order valence-corrected chi connectivity index (χ3v) is 3.81. The highest BCUT2D eigenvalue weighted by molar-refractivity contribution is 6.30. The molecule has 2 N–H and O–H groups in total. The summed E-state index contributed by atoms with van der Waals surface area (Å²) in [6.45, 7) is 0.706. The summed E-state index contributed by atoms with van der Waals surface area (Å²) in [6.07, 6.45) is 3.60. The molecule has 0 spiro atoms. The molecule has 0 aliphatic rings. The predicted octanol–water partition coefficient (Wildman–Crippen LogP) is 4.07. The Labute approximate surface area is 140 Å². The van der Waals surface area contributed by atoms with Crippen molar-refractivity contribution >= 4 is 11.6 Å². The van der Waals surface area contributed by atoms with Crippen LogP contribution in [0.25, 0.3) is 11.1 Å². The number of aromatic amines is 1. The molecule has 2 aromatic carbocycles. The van der Waals surface area contributed by atoms with Crippen LogP contribution in [0.15, 0.2) is 60.9 Å². The number of ether oxygens (including phenoxy) is 1. The highest BCUT2D eigenvalue weighted by atomic mass is 35.5. The summed E-state index contributed by atoms with van der Waals surface area (Å²) in [5.41, 5.74) is 3.29. The van der Waals surface area contributed by atoms with E-state index in [1.54, 1.807) is 0 Å². The number of nitrogens with zero attached hydrogens (tertiary/aromatic N) is 1. The third-order valence-electron chi connectivity index (χ3n) is 3.58. The Hall–Kier alpha value is -2.30. The zero-order chi connectivity index (χ0) is 16.1. The molecule has 0 saturated heterocycles. The molecule has 0 aliphatic heterocycles. The van der Waals surface area contributed by atoms with Crippen molar-refractivity contribution in [2.75, 3.05) is 13.6 Å². The second-order valence-corrected chi connectivity index (χ2v) is 5.67. The zero-order valence-electron chi connectivity index (χ0n) is 12.8.